The van der Waals surface area contributed by atoms with Crippen LogP contribution in [0.5, 0.6) is 0 Å². The number of nitrogens with one attached hydrogen (secondary N) is 1. The molecule has 3 aromatic rings. The van der Waals surface area contributed by atoms with Crippen molar-refractivity contribution in [3.05, 3.63) is 77.5 Å². The van der Waals surface area contributed by atoms with Crippen molar-refractivity contribution < 1.29 is 4.79 Å². The van der Waals surface area contributed by atoms with Crippen molar-refractivity contribution in [3.8, 4) is 0 Å². The monoisotopic (exact) mass is 424 g/mol. The van der Waals surface area contributed by atoms with E-state index in [9.17, 15) is 4.79 Å². The number of aromatic amines is 1. The Hall–Kier alpha value is -2.13. The minimum atomic E-state index is -0.228. The van der Waals surface area contributed by atoms with Gasteiger partial charge in [0.2, 0.25) is 0 Å². The SMILES string of the molecule is CCC1=CCC(c2c(C(=O)[Se]c3ccccc3)[nH]c3ccccc23)N(C)C1. The van der Waals surface area contributed by atoms with Gasteiger partial charge in [0.15, 0.2) is 0 Å². The Morgan fingerprint density at radius 3 is 2.63 bits per heavy atom. The Kier molecular flexibility index (Phi) is 5.31. The summed E-state index contributed by atoms with van der Waals surface area (Å²) in [6.45, 7) is 3.18. The summed E-state index contributed by atoms with van der Waals surface area (Å²) < 4.78 is 1.34. The van der Waals surface area contributed by atoms with Crippen LogP contribution in [0.4, 0.5) is 0 Å². The molecule has 0 saturated heterocycles. The molecule has 1 aromatic heterocycles. The van der Waals surface area contributed by atoms with Crippen molar-refractivity contribution >= 4 is 35.0 Å². The number of likely N-dealkylation sites (N-methyl/N-ethyl adjacent to an activating group) is 1. The first kappa shape index (κ1) is 18.2. The number of nitrogens with zero attached hydrogens (tertiary/aromatic N) is 1. The van der Waals surface area contributed by atoms with E-state index in [2.05, 4.69) is 48.1 Å². The van der Waals surface area contributed by atoms with Crippen molar-refractivity contribution in [2.24, 2.45) is 0 Å². The van der Waals surface area contributed by atoms with Crippen molar-refractivity contribution in [1.29, 1.82) is 0 Å². The van der Waals surface area contributed by atoms with E-state index < -0.39 is 0 Å². The molecule has 0 spiro atoms. The maximum atomic E-state index is 13.2. The molecule has 0 saturated carbocycles. The first-order valence-electron chi connectivity index (χ1n) is 9.43. The molecular weight excluding hydrogens is 399 g/mol. The number of carbonyl (C=O) groups excluding carboxylic acids is 1. The van der Waals surface area contributed by atoms with E-state index in [-0.39, 0.29) is 25.7 Å². The molecule has 1 N–H and O–H groups in total. The molecule has 0 radical (unpaired) electrons. The first-order chi connectivity index (χ1) is 13.2. The van der Waals surface area contributed by atoms with E-state index in [1.165, 1.54) is 16.5 Å². The molecule has 27 heavy (non-hydrogen) atoms. The van der Waals surface area contributed by atoms with Crippen LogP contribution in [0.2, 0.25) is 0 Å². The molecule has 0 amide bonds. The molecule has 2 aromatic carbocycles. The van der Waals surface area contributed by atoms with Gasteiger partial charge in [-0.2, -0.15) is 0 Å². The maximum absolute atomic E-state index is 13.2. The molecule has 1 aliphatic heterocycles. The van der Waals surface area contributed by atoms with Crippen molar-refractivity contribution in [3.63, 3.8) is 0 Å². The summed E-state index contributed by atoms with van der Waals surface area (Å²) >= 11 is -0.228. The molecule has 1 unspecified atom stereocenters. The van der Waals surface area contributed by atoms with Gasteiger partial charge in [-0.05, 0) is 0 Å². The average Bonchev–Trinajstić information content (AvgIpc) is 3.08. The van der Waals surface area contributed by atoms with Crippen LogP contribution >= 0.6 is 0 Å². The number of rotatable bonds is 5. The zero-order chi connectivity index (χ0) is 18.8. The van der Waals surface area contributed by atoms with Gasteiger partial charge in [0.05, 0.1) is 0 Å². The fourth-order valence-corrected chi connectivity index (χ4v) is 5.48. The van der Waals surface area contributed by atoms with E-state index in [0.717, 1.165) is 35.1 Å². The van der Waals surface area contributed by atoms with Crippen LogP contribution in [0.1, 0.15) is 41.9 Å². The zero-order valence-corrected chi connectivity index (χ0v) is 17.4. The van der Waals surface area contributed by atoms with Gasteiger partial charge in [0.1, 0.15) is 0 Å². The van der Waals surface area contributed by atoms with Gasteiger partial charge in [-0.15, -0.1) is 0 Å². The summed E-state index contributed by atoms with van der Waals surface area (Å²) in [5.74, 6) is 0. The third-order valence-electron chi connectivity index (χ3n) is 5.31. The Morgan fingerprint density at radius 1 is 1.15 bits per heavy atom. The summed E-state index contributed by atoms with van der Waals surface area (Å²) in [4.78, 5) is 19.1. The molecule has 138 valence electrons. The number of aromatic nitrogens is 1. The van der Waals surface area contributed by atoms with Gasteiger partial charge in [-0.25, -0.2) is 0 Å². The Labute approximate surface area is 166 Å². The standard InChI is InChI=1S/C23H24N2OSe/c1-3-16-13-14-20(25(2)15-16)21-18-11-7-8-12-19(18)24-22(21)23(26)27-17-9-5-4-6-10-17/h4-13,20,24H,3,14-15H2,1-2H3. The van der Waals surface area contributed by atoms with E-state index in [0.29, 0.717) is 0 Å². The predicted molar refractivity (Wildman–Crippen MR) is 113 cm³/mol. The Morgan fingerprint density at radius 2 is 1.89 bits per heavy atom. The second kappa shape index (κ2) is 7.85. The minimum absolute atomic E-state index is 0.221. The van der Waals surface area contributed by atoms with Gasteiger partial charge >= 0.3 is 167 Å². The average molecular weight is 423 g/mol. The number of para-hydroxylation sites is 1. The quantitative estimate of drug-likeness (QED) is 0.497. The molecule has 4 rings (SSSR count). The first-order valence-corrected chi connectivity index (χ1v) is 11.1. The predicted octanol–water partition coefficient (Wildman–Crippen LogP) is 4.05. The second-order valence-corrected chi connectivity index (χ2v) is 9.24. The van der Waals surface area contributed by atoms with Crippen molar-refractivity contribution in [2.45, 2.75) is 25.8 Å². The molecule has 1 aliphatic rings. The molecular formula is C23H24N2OSe. The van der Waals surface area contributed by atoms with Gasteiger partial charge in [-0.1, -0.05) is 0 Å². The number of hydrogen-bond acceptors (Lipinski definition) is 2. The van der Waals surface area contributed by atoms with Crippen molar-refractivity contribution in [2.75, 3.05) is 13.6 Å². The molecule has 2 heterocycles. The van der Waals surface area contributed by atoms with Crippen LogP contribution in [0.25, 0.3) is 10.9 Å². The topological polar surface area (TPSA) is 36.1 Å². The molecule has 0 bridgehead atoms. The summed E-state index contributed by atoms with van der Waals surface area (Å²) in [6.07, 6.45) is 4.41. The Balaban J connectivity index is 1.76. The van der Waals surface area contributed by atoms with Crippen LogP contribution in [0, 0.1) is 0 Å². The van der Waals surface area contributed by atoms with E-state index >= 15 is 0 Å². The van der Waals surface area contributed by atoms with Crippen LogP contribution in [-0.2, 0) is 0 Å². The van der Waals surface area contributed by atoms with Crippen molar-refractivity contribution in [1.82, 2.24) is 9.88 Å². The molecule has 3 nitrogen and oxygen atoms in total. The van der Waals surface area contributed by atoms with Crippen LogP contribution in [0.3, 0.4) is 0 Å². The number of benzene rings is 2. The number of H-pyrrole nitrogens is 1. The number of carbonyl (C=O) groups is 1. The molecule has 1 atom stereocenters. The van der Waals surface area contributed by atoms with Gasteiger partial charge in [0.25, 0.3) is 0 Å². The molecule has 0 aliphatic carbocycles. The third kappa shape index (κ3) is 3.66. The van der Waals surface area contributed by atoms with Gasteiger partial charge in [0, 0.05) is 0 Å². The summed E-state index contributed by atoms with van der Waals surface area (Å²) in [5, 5.41) is 1.18. The number of hydrogen-bond donors (Lipinski definition) is 1. The van der Waals surface area contributed by atoms with E-state index in [1.807, 2.05) is 36.4 Å². The fourth-order valence-electron chi connectivity index (χ4n) is 3.87. The van der Waals surface area contributed by atoms with Crippen LogP contribution < -0.4 is 4.46 Å². The normalized spacial score (nSPS) is 17.9. The Bertz CT molecular complexity index is 990. The fraction of sp³-hybridized carbons (Fsp3) is 0.261. The number of fused-ring (bicyclic) bond motifs is 1. The summed E-state index contributed by atoms with van der Waals surface area (Å²) in [7, 11) is 2.17. The van der Waals surface area contributed by atoms with E-state index in [4.69, 9.17) is 0 Å². The van der Waals surface area contributed by atoms with Crippen LogP contribution in [0.15, 0.2) is 66.2 Å². The summed E-state index contributed by atoms with van der Waals surface area (Å²) in [5.41, 5.74) is 4.50. The van der Waals surface area contributed by atoms with Gasteiger partial charge < -0.3 is 0 Å². The zero-order valence-electron chi connectivity index (χ0n) is 15.7. The molecule has 4 heteroatoms. The molecule has 0 fully saturated rings. The summed E-state index contributed by atoms with van der Waals surface area (Å²) in [6, 6.07) is 18.6. The van der Waals surface area contributed by atoms with Crippen LogP contribution in [-0.4, -0.2) is 43.1 Å². The van der Waals surface area contributed by atoms with E-state index in [1.54, 1.807) is 0 Å². The second-order valence-electron chi connectivity index (χ2n) is 7.04. The third-order valence-corrected chi connectivity index (χ3v) is 7.19. The van der Waals surface area contributed by atoms with Gasteiger partial charge in [-0.3, -0.25) is 0 Å².